The van der Waals surface area contributed by atoms with Crippen LogP contribution in [-0.4, -0.2) is 37.2 Å². The van der Waals surface area contributed by atoms with Crippen LogP contribution in [0, 0.1) is 5.92 Å². The number of benzene rings is 1. The Bertz CT molecular complexity index is 420. The second kappa shape index (κ2) is 10.2. The number of ether oxygens (including phenoxy) is 1. The molecule has 1 rings (SSSR count). The van der Waals surface area contributed by atoms with Crippen LogP contribution >= 0.6 is 0 Å². The van der Waals surface area contributed by atoms with Crippen LogP contribution in [0.15, 0.2) is 30.3 Å². The Hall–Kier alpha value is -1.55. The maximum Gasteiger partial charge on any atom is 0.317 e. The summed E-state index contributed by atoms with van der Waals surface area (Å²) in [6.07, 6.45) is 2.13. The fourth-order valence-corrected chi connectivity index (χ4v) is 2.22. The van der Waals surface area contributed by atoms with Crippen molar-refractivity contribution in [2.45, 2.75) is 46.2 Å². The smallest absolute Gasteiger partial charge is 0.317 e. The molecule has 0 aliphatic carbocycles. The predicted octanol–water partition coefficient (Wildman–Crippen LogP) is 3.67. The van der Waals surface area contributed by atoms with E-state index < -0.39 is 0 Å². The van der Waals surface area contributed by atoms with Gasteiger partial charge in [0.15, 0.2) is 0 Å². The first-order valence-corrected chi connectivity index (χ1v) is 8.11. The summed E-state index contributed by atoms with van der Waals surface area (Å²) in [5, 5.41) is 3.10. The first kappa shape index (κ1) is 18.5. The van der Waals surface area contributed by atoms with E-state index in [4.69, 9.17) is 4.74 Å². The Labute approximate surface area is 134 Å². The molecule has 0 heterocycles. The molecule has 0 fully saturated rings. The zero-order chi connectivity index (χ0) is 16.4. The second-order valence-electron chi connectivity index (χ2n) is 6.22. The van der Waals surface area contributed by atoms with Gasteiger partial charge in [0.1, 0.15) is 0 Å². The van der Waals surface area contributed by atoms with Gasteiger partial charge in [-0.2, -0.15) is 0 Å². The minimum absolute atomic E-state index is 0.0165. The van der Waals surface area contributed by atoms with Crippen molar-refractivity contribution in [3.63, 3.8) is 0 Å². The summed E-state index contributed by atoms with van der Waals surface area (Å²) in [5.41, 5.74) is 1.13. The molecule has 1 atom stereocenters. The monoisotopic (exact) mass is 306 g/mol. The number of nitrogens with one attached hydrogen (secondary N) is 1. The van der Waals surface area contributed by atoms with E-state index in [2.05, 4.69) is 26.1 Å². The molecule has 124 valence electrons. The maximum atomic E-state index is 12.5. The van der Waals surface area contributed by atoms with Gasteiger partial charge in [0.05, 0.1) is 6.61 Å². The standard InChI is InChI=1S/C18H30N2O2/c1-15(2)10-11-16(3)19-18(21)20(12-13-22-4)14-17-8-6-5-7-9-17/h5-9,15-16H,10-14H2,1-4H3,(H,19,21). The minimum atomic E-state index is -0.0165. The van der Waals surface area contributed by atoms with E-state index in [1.807, 2.05) is 35.2 Å². The quantitative estimate of drug-likeness (QED) is 0.756. The van der Waals surface area contributed by atoms with Crippen molar-refractivity contribution >= 4 is 6.03 Å². The molecule has 0 bridgehead atoms. The molecule has 4 heteroatoms. The lowest BCUT2D eigenvalue weighted by Gasteiger charge is -2.25. The molecular formula is C18H30N2O2. The number of urea groups is 1. The Morgan fingerprint density at radius 3 is 2.45 bits per heavy atom. The Balaban J connectivity index is 2.56. The molecule has 0 aromatic heterocycles. The van der Waals surface area contributed by atoms with Gasteiger partial charge >= 0.3 is 6.03 Å². The topological polar surface area (TPSA) is 41.6 Å². The number of hydrogen-bond acceptors (Lipinski definition) is 2. The lowest BCUT2D eigenvalue weighted by Crippen LogP contribution is -2.44. The molecule has 2 amide bonds. The van der Waals surface area contributed by atoms with Crippen LogP contribution in [0.25, 0.3) is 0 Å². The zero-order valence-corrected chi connectivity index (χ0v) is 14.3. The van der Waals surface area contributed by atoms with E-state index in [-0.39, 0.29) is 12.1 Å². The third kappa shape index (κ3) is 7.46. The van der Waals surface area contributed by atoms with Crippen molar-refractivity contribution in [2.24, 2.45) is 5.92 Å². The largest absolute Gasteiger partial charge is 0.383 e. The van der Waals surface area contributed by atoms with Gasteiger partial charge in [-0.3, -0.25) is 0 Å². The van der Waals surface area contributed by atoms with Gasteiger partial charge < -0.3 is 15.0 Å². The maximum absolute atomic E-state index is 12.5. The Morgan fingerprint density at radius 1 is 1.18 bits per heavy atom. The van der Waals surface area contributed by atoms with Gasteiger partial charge in [-0.15, -0.1) is 0 Å². The van der Waals surface area contributed by atoms with E-state index in [1.165, 1.54) is 0 Å². The number of hydrogen-bond donors (Lipinski definition) is 1. The second-order valence-corrected chi connectivity index (χ2v) is 6.22. The van der Waals surface area contributed by atoms with Gasteiger partial charge in [-0.05, 0) is 31.2 Å². The van der Waals surface area contributed by atoms with E-state index in [0.29, 0.717) is 25.6 Å². The lowest BCUT2D eigenvalue weighted by atomic mass is 10.0. The molecule has 0 radical (unpaired) electrons. The summed E-state index contributed by atoms with van der Waals surface area (Å²) in [7, 11) is 1.66. The summed E-state index contributed by atoms with van der Waals surface area (Å²) in [4.78, 5) is 14.3. The van der Waals surface area contributed by atoms with Gasteiger partial charge in [-0.1, -0.05) is 44.2 Å². The summed E-state index contributed by atoms with van der Waals surface area (Å²) in [5.74, 6) is 0.660. The van der Waals surface area contributed by atoms with E-state index in [9.17, 15) is 4.79 Å². The van der Waals surface area contributed by atoms with Crippen molar-refractivity contribution in [1.82, 2.24) is 10.2 Å². The average Bonchev–Trinajstić information content (AvgIpc) is 2.50. The summed E-state index contributed by atoms with van der Waals surface area (Å²) in [6, 6.07) is 10.2. The van der Waals surface area contributed by atoms with Crippen LogP contribution in [0.4, 0.5) is 4.79 Å². The van der Waals surface area contributed by atoms with E-state index >= 15 is 0 Å². The van der Waals surface area contributed by atoms with Crippen LogP contribution in [-0.2, 0) is 11.3 Å². The van der Waals surface area contributed by atoms with Crippen LogP contribution in [0.3, 0.4) is 0 Å². The molecule has 4 nitrogen and oxygen atoms in total. The zero-order valence-electron chi connectivity index (χ0n) is 14.3. The number of rotatable bonds is 9. The highest BCUT2D eigenvalue weighted by molar-refractivity contribution is 5.74. The fourth-order valence-electron chi connectivity index (χ4n) is 2.22. The van der Waals surface area contributed by atoms with Gasteiger partial charge in [0.25, 0.3) is 0 Å². The van der Waals surface area contributed by atoms with Gasteiger partial charge in [-0.25, -0.2) is 4.79 Å². The van der Waals surface area contributed by atoms with Crippen LogP contribution < -0.4 is 5.32 Å². The molecule has 22 heavy (non-hydrogen) atoms. The fraction of sp³-hybridized carbons (Fsp3) is 0.611. The first-order valence-electron chi connectivity index (χ1n) is 8.11. The van der Waals surface area contributed by atoms with Gasteiger partial charge in [0.2, 0.25) is 0 Å². The van der Waals surface area contributed by atoms with Crippen LogP contribution in [0.1, 0.15) is 39.2 Å². The molecule has 0 saturated heterocycles. The van der Waals surface area contributed by atoms with Crippen molar-refractivity contribution in [2.75, 3.05) is 20.3 Å². The average molecular weight is 306 g/mol. The van der Waals surface area contributed by atoms with E-state index in [1.54, 1.807) is 7.11 Å². The summed E-state index contributed by atoms with van der Waals surface area (Å²) >= 11 is 0. The number of carbonyl (C=O) groups excluding carboxylic acids is 1. The van der Waals surface area contributed by atoms with Crippen molar-refractivity contribution in [1.29, 1.82) is 0 Å². The van der Waals surface area contributed by atoms with E-state index in [0.717, 1.165) is 18.4 Å². The number of nitrogens with zero attached hydrogens (tertiary/aromatic N) is 1. The number of methoxy groups -OCH3 is 1. The predicted molar refractivity (Wildman–Crippen MR) is 90.8 cm³/mol. The van der Waals surface area contributed by atoms with Crippen LogP contribution in [0.5, 0.6) is 0 Å². The normalized spacial score (nSPS) is 12.2. The molecule has 1 aromatic carbocycles. The molecule has 0 aliphatic rings. The molecule has 1 N–H and O–H groups in total. The molecular weight excluding hydrogens is 276 g/mol. The van der Waals surface area contributed by atoms with Crippen molar-refractivity contribution in [3.8, 4) is 0 Å². The molecule has 1 aromatic rings. The summed E-state index contributed by atoms with van der Waals surface area (Å²) in [6.45, 7) is 8.21. The lowest BCUT2D eigenvalue weighted by molar-refractivity contribution is 0.144. The van der Waals surface area contributed by atoms with Crippen molar-refractivity contribution < 1.29 is 9.53 Å². The highest BCUT2D eigenvalue weighted by atomic mass is 16.5. The minimum Gasteiger partial charge on any atom is -0.383 e. The Kier molecular flexibility index (Phi) is 8.60. The Morgan fingerprint density at radius 2 is 1.86 bits per heavy atom. The SMILES string of the molecule is COCCN(Cc1ccccc1)C(=O)NC(C)CCC(C)C. The van der Waals surface area contributed by atoms with Crippen molar-refractivity contribution in [3.05, 3.63) is 35.9 Å². The summed E-state index contributed by atoms with van der Waals surface area (Å²) < 4.78 is 5.12. The first-order chi connectivity index (χ1) is 10.5. The molecule has 0 spiro atoms. The molecule has 1 unspecified atom stereocenters. The highest BCUT2D eigenvalue weighted by Crippen LogP contribution is 2.08. The number of carbonyl (C=O) groups is 1. The third-order valence-electron chi connectivity index (χ3n) is 3.62. The van der Waals surface area contributed by atoms with Gasteiger partial charge in [0, 0.05) is 26.2 Å². The van der Waals surface area contributed by atoms with Crippen LogP contribution in [0.2, 0.25) is 0 Å². The highest BCUT2D eigenvalue weighted by Gasteiger charge is 2.16. The number of amides is 2. The third-order valence-corrected chi connectivity index (χ3v) is 3.62. The molecule has 0 saturated carbocycles. The molecule has 0 aliphatic heterocycles.